The number of H-pyrrole nitrogens is 1. The molecule has 37 heavy (non-hydrogen) atoms. The van der Waals surface area contributed by atoms with Gasteiger partial charge in [0, 0.05) is 24.2 Å². The Hall–Kier alpha value is -4.16. The van der Waals surface area contributed by atoms with Crippen molar-refractivity contribution in [3.05, 3.63) is 60.2 Å². The number of likely N-dealkylation sites (tertiary alicyclic amines) is 1. The van der Waals surface area contributed by atoms with Crippen molar-refractivity contribution in [1.29, 1.82) is 0 Å². The summed E-state index contributed by atoms with van der Waals surface area (Å²) in [5.41, 5.74) is 7.19. The molecule has 9 nitrogen and oxygen atoms in total. The van der Waals surface area contributed by atoms with Crippen molar-refractivity contribution in [2.45, 2.75) is 25.4 Å². The van der Waals surface area contributed by atoms with Gasteiger partial charge in [-0.1, -0.05) is 12.1 Å². The van der Waals surface area contributed by atoms with Crippen molar-refractivity contribution in [1.82, 2.24) is 19.9 Å². The number of piperidine rings is 1. The normalized spacial score (nSPS) is 17.9. The van der Waals surface area contributed by atoms with Crippen molar-refractivity contribution in [3.63, 3.8) is 0 Å². The monoisotopic (exact) mass is 521 g/mol. The lowest BCUT2D eigenvalue weighted by Crippen LogP contribution is -2.47. The molecule has 0 aliphatic carbocycles. The number of nitrogens with zero attached hydrogens (tertiary/aromatic N) is 3. The molecular formula is C24H23F4N5O4. The number of aromatic nitrogens is 3. The molecule has 1 saturated heterocycles. The van der Waals surface area contributed by atoms with Crippen LogP contribution >= 0.6 is 0 Å². The van der Waals surface area contributed by atoms with Gasteiger partial charge in [0.25, 0.3) is 5.91 Å². The number of primary amides is 1. The number of carbonyl (C=O) groups is 2. The van der Waals surface area contributed by atoms with Crippen molar-refractivity contribution >= 4 is 11.8 Å². The third-order valence-corrected chi connectivity index (χ3v) is 5.90. The topological polar surface area (TPSA) is 123 Å². The zero-order chi connectivity index (χ0) is 26.6. The zero-order valence-corrected chi connectivity index (χ0v) is 19.4. The van der Waals surface area contributed by atoms with E-state index in [0.29, 0.717) is 23.2 Å². The number of aromatic amines is 1. The van der Waals surface area contributed by atoms with E-state index in [0.717, 1.165) is 12.1 Å². The van der Waals surface area contributed by atoms with Gasteiger partial charge in [0.15, 0.2) is 0 Å². The third kappa shape index (κ3) is 6.74. The number of benzene rings is 1. The van der Waals surface area contributed by atoms with E-state index in [4.69, 9.17) is 10.5 Å². The van der Waals surface area contributed by atoms with Crippen LogP contribution in [0, 0.1) is 5.92 Å². The molecule has 13 heteroatoms. The summed E-state index contributed by atoms with van der Waals surface area (Å²) in [6, 6.07) is 6.45. The SMILES string of the molecule is NC(=O)c1cc(-c2cnc[nH]2)cnc1OCC1CCN(C(=O)Cc2ccc(OC(F)(F)F)cc2)CC1F. The van der Waals surface area contributed by atoms with E-state index >= 15 is 0 Å². The Bertz CT molecular complexity index is 1230. The minimum absolute atomic E-state index is 0.0144. The predicted molar refractivity (Wildman–Crippen MR) is 122 cm³/mol. The number of hydrogen-bond acceptors (Lipinski definition) is 6. The molecule has 3 aromatic rings. The second-order valence-electron chi connectivity index (χ2n) is 8.49. The largest absolute Gasteiger partial charge is 0.573 e. The lowest BCUT2D eigenvalue weighted by Gasteiger charge is -2.34. The molecule has 1 fully saturated rings. The minimum atomic E-state index is -4.80. The summed E-state index contributed by atoms with van der Waals surface area (Å²) in [5, 5.41) is 0. The molecule has 0 bridgehead atoms. The van der Waals surface area contributed by atoms with E-state index in [2.05, 4.69) is 19.7 Å². The van der Waals surface area contributed by atoms with E-state index in [9.17, 15) is 27.2 Å². The van der Waals surface area contributed by atoms with Crippen LogP contribution in [0.5, 0.6) is 11.6 Å². The summed E-state index contributed by atoms with van der Waals surface area (Å²) in [5.74, 6) is -2.05. The molecule has 196 valence electrons. The van der Waals surface area contributed by atoms with Crippen LogP contribution in [0.1, 0.15) is 22.3 Å². The molecule has 1 aliphatic rings. The number of carbonyl (C=O) groups excluding carboxylic acids is 2. The molecule has 2 amide bonds. The van der Waals surface area contributed by atoms with Crippen molar-refractivity contribution in [2.75, 3.05) is 19.7 Å². The summed E-state index contributed by atoms with van der Waals surface area (Å²) >= 11 is 0. The third-order valence-electron chi connectivity index (χ3n) is 5.90. The van der Waals surface area contributed by atoms with Crippen LogP contribution in [-0.4, -0.2) is 63.9 Å². The van der Waals surface area contributed by atoms with Crippen LogP contribution in [0.4, 0.5) is 17.6 Å². The molecule has 2 unspecified atom stereocenters. The molecule has 3 heterocycles. The van der Waals surface area contributed by atoms with E-state index in [-0.39, 0.29) is 43.5 Å². The summed E-state index contributed by atoms with van der Waals surface area (Å²) in [4.78, 5) is 36.8. The molecule has 3 N–H and O–H groups in total. The number of hydrogen-bond donors (Lipinski definition) is 2. The van der Waals surface area contributed by atoms with E-state index in [1.807, 2.05) is 0 Å². The summed E-state index contributed by atoms with van der Waals surface area (Å²) in [6.07, 6.45) is -1.46. The van der Waals surface area contributed by atoms with Crippen molar-refractivity contribution in [2.24, 2.45) is 11.7 Å². The Morgan fingerprint density at radius 1 is 1.19 bits per heavy atom. The Kier molecular flexibility index (Phi) is 7.60. The highest BCUT2D eigenvalue weighted by molar-refractivity contribution is 5.96. The standard InChI is InChI=1S/C24H23F4N5O4/c25-19-11-33(21(34)7-14-1-3-17(4-2-14)37-24(26,27)28)6-5-15(19)12-36-23-18(22(29)35)8-16(9-31-23)20-10-30-13-32-20/h1-4,8-10,13,15,19H,5-7,11-12H2,(H2,29,35)(H,30,32). The van der Waals surface area contributed by atoms with E-state index in [1.165, 1.54) is 35.6 Å². The molecule has 0 radical (unpaired) electrons. The highest BCUT2D eigenvalue weighted by Crippen LogP contribution is 2.27. The van der Waals surface area contributed by atoms with Gasteiger partial charge in [-0.25, -0.2) is 14.4 Å². The number of ether oxygens (including phenoxy) is 2. The van der Waals surface area contributed by atoms with Gasteiger partial charge in [-0.2, -0.15) is 0 Å². The first kappa shape index (κ1) is 25.9. The summed E-state index contributed by atoms with van der Waals surface area (Å²) < 4.78 is 61.2. The lowest BCUT2D eigenvalue weighted by atomic mass is 9.95. The van der Waals surface area contributed by atoms with Crippen LogP contribution in [0.25, 0.3) is 11.3 Å². The van der Waals surface area contributed by atoms with Crippen LogP contribution in [0.15, 0.2) is 49.1 Å². The van der Waals surface area contributed by atoms with Gasteiger partial charge in [-0.3, -0.25) is 9.59 Å². The number of pyridine rings is 1. The molecule has 1 aromatic carbocycles. The fraction of sp³-hybridized carbons (Fsp3) is 0.333. The Morgan fingerprint density at radius 3 is 2.57 bits per heavy atom. The Morgan fingerprint density at radius 2 is 1.95 bits per heavy atom. The second-order valence-corrected chi connectivity index (χ2v) is 8.49. The second kappa shape index (κ2) is 10.8. The average molecular weight is 521 g/mol. The number of nitrogens with two attached hydrogens (primary N) is 1. The van der Waals surface area contributed by atoms with Gasteiger partial charge in [0.2, 0.25) is 11.8 Å². The maximum absolute atomic E-state index is 14.9. The molecule has 2 atom stereocenters. The van der Waals surface area contributed by atoms with Crippen molar-refractivity contribution in [3.8, 4) is 22.9 Å². The fourth-order valence-electron chi connectivity index (χ4n) is 3.95. The number of rotatable bonds is 8. The van der Waals surface area contributed by atoms with Crippen LogP contribution in [-0.2, 0) is 11.2 Å². The Labute approximate surface area is 208 Å². The molecule has 0 spiro atoms. The van der Waals surface area contributed by atoms with Gasteiger partial charge in [0.05, 0.1) is 37.8 Å². The van der Waals surface area contributed by atoms with Gasteiger partial charge in [-0.05, 0) is 30.2 Å². The molecule has 0 saturated carbocycles. The molecule has 4 rings (SSSR count). The minimum Gasteiger partial charge on any atom is -0.477 e. The number of alkyl halides is 4. The molecular weight excluding hydrogens is 498 g/mol. The number of nitrogens with one attached hydrogen (secondary N) is 1. The smallest absolute Gasteiger partial charge is 0.477 e. The van der Waals surface area contributed by atoms with Crippen LogP contribution in [0.2, 0.25) is 0 Å². The highest BCUT2D eigenvalue weighted by Gasteiger charge is 2.33. The van der Waals surface area contributed by atoms with E-state index in [1.54, 1.807) is 6.20 Å². The quantitative estimate of drug-likeness (QED) is 0.439. The molecule has 2 aromatic heterocycles. The van der Waals surface area contributed by atoms with Gasteiger partial charge in [-0.15, -0.1) is 13.2 Å². The maximum Gasteiger partial charge on any atom is 0.573 e. The van der Waals surface area contributed by atoms with Gasteiger partial charge < -0.3 is 25.1 Å². The number of halogens is 4. The Balaban J connectivity index is 1.31. The summed E-state index contributed by atoms with van der Waals surface area (Å²) in [6.45, 7) is 0.0506. The zero-order valence-electron chi connectivity index (χ0n) is 19.4. The first-order valence-electron chi connectivity index (χ1n) is 11.3. The summed E-state index contributed by atoms with van der Waals surface area (Å²) in [7, 11) is 0. The number of imidazole rings is 1. The van der Waals surface area contributed by atoms with E-state index < -0.39 is 30.1 Å². The van der Waals surface area contributed by atoms with Crippen LogP contribution < -0.4 is 15.2 Å². The first-order valence-corrected chi connectivity index (χ1v) is 11.3. The van der Waals surface area contributed by atoms with Crippen molar-refractivity contribution < 1.29 is 36.6 Å². The maximum atomic E-state index is 14.9. The predicted octanol–water partition coefficient (Wildman–Crippen LogP) is 3.28. The van der Waals surface area contributed by atoms with Gasteiger partial charge >= 0.3 is 6.36 Å². The highest BCUT2D eigenvalue weighted by atomic mass is 19.4. The lowest BCUT2D eigenvalue weighted by molar-refractivity contribution is -0.274. The first-order chi connectivity index (χ1) is 17.6. The molecule has 1 aliphatic heterocycles. The number of amides is 2. The average Bonchev–Trinajstić information content (AvgIpc) is 3.38. The fourth-order valence-corrected chi connectivity index (χ4v) is 3.95. The van der Waals surface area contributed by atoms with Gasteiger partial charge in [0.1, 0.15) is 17.5 Å². The van der Waals surface area contributed by atoms with Crippen LogP contribution in [0.3, 0.4) is 0 Å².